The van der Waals surface area contributed by atoms with Crippen molar-refractivity contribution in [2.24, 2.45) is 11.3 Å². The molecule has 2 nitrogen and oxygen atoms in total. The number of nitrogens with zero attached hydrogens (tertiary/aromatic N) is 1. The number of aldehydes is 1. The van der Waals surface area contributed by atoms with Crippen molar-refractivity contribution < 1.29 is 4.79 Å². The van der Waals surface area contributed by atoms with Crippen molar-refractivity contribution in [1.82, 2.24) is 4.90 Å². The summed E-state index contributed by atoms with van der Waals surface area (Å²) in [4.78, 5) is 13.6. The lowest BCUT2D eigenvalue weighted by molar-refractivity contribution is -0.116. The second-order valence-corrected chi connectivity index (χ2v) is 5.64. The predicted octanol–water partition coefficient (Wildman–Crippen LogP) is 2.72. The number of likely N-dealkylation sites (tertiary alicyclic amines) is 1. The van der Waals surface area contributed by atoms with Gasteiger partial charge in [-0.2, -0.15) is 0 Å². The highest BCUT2D eigenvalue weighted by Crippen LogP contribution is 2.28. The number of carbonyl (C=O) groups excluding carboxylic acids is 1. The molecule has 1 aliphatic rings. The first-order valence-corrected chi connectivity index (χ1v) is 6.21. The molecule has 0 radical (unpaired) electrons. The quantitative estimate of drug-likeness (QED) is 0.652. The molecule has 1 aliphatic heterocycles. The summed E-state index contributed by atoms with van der Waals surface area (Å²) in [6.07, 6.45) is 4.54. The molecule has 1 fully saturated rings. The van der Waals surface area contributed by atoms with Crippen LogP contribution in [0, 0.1) is 11.3 Å². The predicted molar refractivity (Wildman–Crippen MR) is 63.9 cm³/mol. The van der Waals surface area contributed by atoms with Crippen molar-refractivity contribution >= 4 is 6.29 Å². The van der Waals surface area contributed by atoms with E-state index in [9.17, 15) is 4.79 Å². The molecule has 2 heteroatoms. The first-order valence-electron chi connectivity index (χ1n) is 6.21. The van der Waals surface area contributed by atoms with Crippen molar-refractivity contribution in [3.05, 3.63) is 0 Å². The zero-order valence-electron chi connectivity index (χ0n) is 10.6. The van der Waals surface area contributed by atoms with E-state index in [-0.39, 0.29) is 5.41 Å². The van der Waals surface area contributed by atoms with Crippen molar-refractivity contribution in [2.75, 3.05) is 13.1 Å². The van der Waals surface area contributed by atoms with Crippen LogP contribution in [0.15, 0.2) is 0 Å². The lowest BCUT2D eigenvalue weighted by atomic mass is 9.86. The zero-order valence-corrected chi connectivity index (χ0v) is 10.6. The van der Waals surface area contributed by atoms with Crippen LogP contribution < -0.4 is 0 Å². The topological polar surface area (TPSA) is 20.3 Å². The number of carbonyl (C=O) groups is 1. The number of hydrogen-bond donors (Lipinski definition) is 0. The van der Waals surface area contributed by atoms with Gasteiger partial charge in [-0.05, 0) is 25.7 Å². The molecule has 0 N–H and O–H groups in total. The Morgan fingerprint density at radius 2 is 2.13 bits per heavy atom. The Bertz CT molecular complexity index is 217. The molecular weight excluding hydrogens is 186 g/mol. The molecule has 0 spiro atoms. The first-order chi connectivity index (χ1) is 7.00. The Hall–Kier alpha value is -0.370. The molecule has 0 aliphatic carbocycles. The van der Waals surface area contributed by atoms with Crippen LogP contribution in [0.3, 0.4) is 0 Å². The fourth-order valence-electron chi connectivity index (χ4n) is 2.82. The summed E-state index contributed by atoms with van der Waals surface area (Å²) in [5.74, 6) is 0.789. The zero-order chi connectivity index (χ0) is 11.5. The highest BCUT2D eigenvalue weighted by atomic mass is 16.1. The Morgan fingerprint density at radius 3 is 2.53 bits per heavy atom. The van der Waals surface area contributed by atoms with Crippen LogP contribution in [0.1, 0.15) is 47.0 Å². The maximum Gasteiger partial charge on any atom is 0.127 e. The third-order valence-corrected chi connectivity index (χ3v) is 3.58. The second-order valence-electron chi connectivity index (χ2n) is 5.64. The Kier molecular flexibility index (Phi) is 4.32. The highest BCUT2D eigenvalue weighted by molar-refractivity contribution is 5.59. The smallest absolute Gasteiger partial charge is 0.127 e. The fourth-order valence-corrected chi connectivity index (χ4v) is 2.82. The van der Waals surface area contributed by atoms with Crippen molar-refractivity contribution in [1.29, 1.82) is 0 Å². The van der Waals surface area contributed by atoms with Crippen LogP contribution in [-0.2, 0) is 4.79 Å². The summed E-state index contributed by atoms with van der Waals surface area (Å²) in [7, 11) is 0. The van der Waals surface area contributed by atoms with Crippen molar-refractivity contribution in [2.45, 2.75) is 53.0 Å². The van der Waals surface area contributed by atoms with Crippen LogP contribution in [-0.4, -0.2) is 30.3 Å². The molecule has 0 aromatic carbocycles. The van der Waals surface area contributed by atoms with E-state index in [4.69, 9.17) is 0 Å². The van der Waals surface area contributed by atoms with Crippen LogP contribution >= 0.6 is 0 Å². The van der Waals surface area contributed by atoms with E-state index in [0.29, 0.717) is 6.04 Å². The van der Waals surface area contributed by atoms with E-state index >= 15 is 0 Å². The molecule has 3 atom stereocenters. The van der Waals surface area contributed by atoms with Crippen molar-refractivity contribution in [3.8, 4) is 0 Å². The van der Waals surface area contributed by atoms with E-state index in [2.05, 4.69) is 32.6 Å². The molecule has 0 saturated carbocycles. The average Bonchev–Trinajstić information content (AvgIpc) is 2.45. The molecule has 0 aromatic rings. The van der Waals surface area contributed by atoms with E-state index < -0.39 is 0 Å². The maximum absolute atomic E-state index is 11.2. The van der Waals surface area contributed by atoms with Gasteiger partial charge in [0.15, 0.2) is 0 Å². The number of hydrogen-bond acceptors (Lipinski definition) is 2. The molecule has 15 heavy (non-hydrogen) atoms. The van der Waals surface area contributed by atoms with Gasteiger partial charge >= 0.3 is 0 Å². The number of rotatable bonds is 5. The lowest BCUT2D eigenvalue weighted by Crippen LogP contribution is -2.39. The molecule has 0 aromatic heterocycles. The second kappa shape index (κ2) is 5.11. The van der Waals surface area contributed by atoms with Gasteiger partial charge in [0.1, 0.15) is 6.29 Å². The van der Waals surface area contributed by atoms with E-state index in [1.54, 1.807) is 0 Å². The summed E-state index contributed by atoms with van der Waals surface area (Å²) in [6, 6.07) is 0.649. The SMILES string of the molecule is CCCC(C)(C=O)CN1CC(C)CC1C. The van der Waals surface area contributed by atoms with Gasteiger partial charge in [-0.1, -0.05) is 27.2 Å². The average molecular weight is 211 g/mol. The first kappa shape index (κ1) is 12.7. The minimum absolute atomic E-state index is 0.132. The fraction of sp³-hybridized carbons (Fsp3) is 0.923. The van der Waals surface area contributed by atoms with E-state index in [1.807, 2.05) is 0 Å². The van der Waals surface area contributed by atoms with Gasteiger partial charge in [-0.25, -0.2) is 0 Å². The van der Waals surface area contributed by atoms with Gasteiger partial charge in [-0.3, -0.25) is 4.90 Å². The van der Waals surface area contributed by atoms with E-state index in [1.165, 1.54) is 6.42 Å². The van der Waals surface area contributed by atoms with Crippen molar-refractivity contribution in [3.63, 3.8) is 0 Å². The van der Waals surface area contributed by atoms with Crippen LogP contribution in [0.25, 0.3) is 0 Å². The highest BCUT2D eigenvalue weighted by Gasteiger charge is 2.32. The minimum atomic E-state index is -0.132. The third-order valence-electron chi connectivity index (χ3n) is 3.58. The Labute approximate surface area is 94.0 Å². The summed E-state index contributed by atoms with van der Waals surface area (Å²) in [6.45, 7) is 10.9. The van der Waals surface area contributed by atoms with Gasteiger partial charge in [-0.15, -0.1) is 0 Å². The van der Waals surface area contributed by atoms with Gasteiger partial charge in [0.05, 0.1) is 0 Å². The molecule has 88 valence electrons. The molecular formula is C13H25NO. The molecule has 1 rings (SSSR count). The normalized spacial score (nSPS) is 31.5. The summed E-state index contributed by atoms with van der Waals surface area (Å²) >= 11 is 0. The minimum Gasteiger partial charge on any atom is -0.303 e. The standard InChI is InChI=1S/C13H25NO/c1-5-6-13(4,10-15)9-14-8-11(2)7-12(14)3/h10-12H,5-9H2,1-4H3. The van der Waals surface area contributed by atoms with Gasteiger partial charge in [0, 0.05) is 24.5 Å². The third kappa shape index (κ3) is 3.30. The monoisotopic (exact) mass is 211 g/mol. The van der Waals surface area contributed by atoms with Crippen LogP contribution in [0.4, 0.5) is 0 Å². The van der Waals surface area contributed by atoms with Crippen LogP contribution in [0.5, 0.6) is 0 Å². The van der Waals surface area contributed by atoms with E-state index in [0.717, 1.165) is 38.1 Å². The Morgan fingerprint density at radius 1 is 1.47 bits per heavy atom. The largest absolute Gasteiger partial charge is 0.303 e. The van der Waals surface area contributed by atoms with Gasteiger partial charge in [0.25, 0.3) is 0 Å². The molecule has 1 saturated heterocycles. The maximum atomic E-state index is 11.2. The van der Waals surface area contributed by atoms with Crippen LogP contribution in [0.2, 0.25) is 0 Å². The molecule has 3 unspecified atom stereocenters. The Balaban J connectivity index is 2.55. The summed E-state index contributed by atoms with van der Waals surface area (Å²) < 4.78 is 0. The summed E-state index contributed by atoms with van der Waals surface area (Å²) in [5, 5.41) is 0. The summed E-state index contributed by atoms with van der Waals surface area (Å²) in [5.41, 5.74) is -0.132. The molecule has 1 heterocycles. The molecule has 0 amide bonds. The van der Waals surface area contributed by atoms with Gasteiger partial charge in [0.2, 0.25) is 0 Å². The molecule has 0 bridgehead atoms. The van der Waals surface area contributed by atoms with Gasteiger partial charge < -0.3 is 4.79 Å². The lowest BCUT2D eigenvalue weighted by Gasteiger charge is -2.31.